The van der Waals surface area contributed by atoms with E-state index in [0.717, 1.165) is 10.6 Å². The van der Waals surface area contributed by atoms with E-state index in [9.17, 15) is 9.59 Å². The summed E-state index contributed by atoms with van der Waals surface area (Å²) >= 11 is 1.54. The van der Waals surface area contributed by atoms with Crippen LogP contribution in [-0.2, 0) is 4.79 Å². The van der Waals surface area contributed by atoms with Crippen molar-refractivity contribution in [1.82, 2.24) is 10.9 Å². The molecule has 0 unspecified atom stereocenters. The van der Waals surface area contributed by atoms with Gasteiger partial charge in [0.2, 0.25) is 0 Å². The van der Waals surface area contributed by atoms with E-state index in [0.29, 0.717) is 11.3 Å². The maximum absolute atomic E-state index is 12.2. The lowest BCUT2D eigenvalue weighted by Crippen LogP contribution is -2.46. The second-order valence-corrected chi connectivity index (χ2v) is 6.45. The van der Waals surface area contributed by atoms with Crippen LogP contribution >= 0.6 is 11.8 Å². The molecular formula is C18H17N3O2S. The van der Waals surface area contributed by atoms with Crippen LogP contribution in [0.4, 0.5) is 0 Å². The Morgan fingerprint density at radius 3 is 2.46 bits per heavy atom. The zero-order chi connectivity index (χ0) is 16.9. The molecular weight excluding hydrogens is 322 g/mol. The van der Waals surface area contributed by atoms with E-state index in [4.69, 9.17) is 0 Å². The molecule has 1 atom stereocenters. The second kappa shape index (κ2) is 7.31. The van der Waals surface area contributed by atoms with Gasteiger partial charge in [-0.15, -0.1) is 11.8 Å². The first-order valence-corrected chi connectivity index (χ1v) is 8.55. The number of aliphatic imine (C=N–C) groups is 1. The van der Waals surface area contributed by atoms with Gasteiger partial charge >= 0.3 is 0 Å². The Morgan fingerprint density at radius 1 is 1.04 bits per heavy atom. The molecule has 1 heterocycles. The van der Waals surface area contributed by atoms with Crippen molar-refractivity contribution in [2.75, 3.05) is 5.75 Å². The third kappa shape index (κ3) is 3.83. The van der Waals surface area contributed by atoms with E-state index in [1.54, 1.807) is 36.0 Å². The number of nitrogens with one attached hydrogen (secondary N) is 2. The Kier molecular flexibility index (Phi) is 4.96. The Bertz CT molecular complexity index is 773. The average Bonchev–Trinajstić information content (AvgIpc) is 3.11. The molecule has 0 saturated carbocycles. The minimum atomic E-state index is -0.498. The van der Waals surface area contributed by atoms with Gasteiger partial charge in [0.05, 0.1) is 5.04 Å². The number of hydrogen-bond acceptors (Lipinski definition) is 4. The van der Waals surface area contributed by atoms with Crippen LogP contribution in [0.2, 0.25) is 0 Å². The molecule has 6 heteroatoms. The molecule has 24 heavy (non-hydrogen) atoms. The molecule has 1 aliphatic heterocycles. The van der Waals surface area contributed by atoms with E-state index in [1.807, 2.05) is 37.3 Å². The van der Waals surface area contributed by atoms with Gasteiger partial charge in [0, 0.05) is 16.9 Å². The number of carbonyl (C=O) groups is 2. The van der Waals surface area contributed by atoms with Crippen molar-refractivity contribution in [3.63, 3.8) is 0 Å². The molecule has 0 radical (unpaired) electrons. The summed E-state index contributed by atoms with van der Waals surface area (Å²) in [5.74, 6) is -0.0952. The molecule has 2 amide bonds. The number of carbonyl (C=O) groups excluding carboxylic acids is 2. The monoisotopic (exact) mass is 339 g/mol. The minimum absolute atomic E-state index is 0.311. The van der Waals surface area contributed by atoms with Crippen LogP contribution in [0.5, 0.6) is 0 Å². The van der Waals surface area contributed by atoms with Crippen molar-refractivity contribution in [3.05, 3.63) is 71.3 Å². The van der Waals surface area contributed by atoms with Gasteiger partial charge in [0.15, 0.2) is 0 Å². The van der Waals surface area contributed by atoms with E-state index in [-0.39, 0.29) is 11.8 Å². The quantitative estimate of drug-likeness (QED) is 0.843. The van der Waals surface area contributed by atoms with Gasteiger partial charge in [-0.25, -0.2) is 0 Å². The Labute approximate surface area is 144 Å². The molecule has 122 valence electrons. The van der Waals surface area contributed by atoms with Gasteiger partial charge in [-0.05, 0) is 19.1 Å². The van der Waals surface area contributed by atoms with Crippen molar-refractivity contribution < 1.29 is 9.59 Å². The third-order valence-electron chi connectivity index (χ3n) is 3.59. The van der Waals surface area contributed by atoms with E-state index in [1.165, 1.54) is 5.56 Å². The van der Waals surface area contributed by atoms with E-state index >= 15 is 0 Å². The topological polar surface area (TPSA) is 70.6 Å². The van der Waals surface area contributed by atoms with Crippen LogP contribution in [-0.4, -0.2) is 28.7 Å². The maximum atomic E-state index is 12.2. The minimum Gasteiger partial charge on any atom is -0.271 e. The zero-order valence-electron chi connectivity index (χ0n) is 13.2. The molecule has 0 bridgehead atoms. The molecule has 0 spiro atoms. The normalized spacial score (nSPS) is 16.4. The standard InChI is InChI=1S/C18H17N3O2S/c1-12-7-9-14(10-8-12)18-19-15(11-24-18)17(23)21-20-16(22)13-5-3-2-4-6-13/h2-10,15H,11H2,1H3,(H,20,22)(H,21,23)/t15-/m0/s1. The maximum Gasteiger partial charge on any atom is 0.269 e. The molecule has 2 aromatic carbocycles. The summed E-state index contributed by atoms with van der Waals surface area (Å²) in [6.45, 7) is 2.03. The fraction of sp³-hybridized carbons (Fsp3) is 0.167. The predicted molar refractivity (Wildman–Crippen MR) is 96.0 cm³/mol. The summed E-state index contributed by atoms with van der Waals surface area (Å²) in [4.78, 5) is 28.5. The zero-order valence-corrected chi connectivity index (χ0v) is 14.0. The van der Waals surface area contributed by atoms with Gasteiger partial charge < -0.3 is 0 Å². The Hall–Kier alpha value is -2.60. The van der Waals surface area contributed by atoms with Gasteiger partial charge in [0.25, 0.3) is 11.8 Å². The molecule has 0 aliphatic carbocycles. The average molecular weight is 339 g/mol. The van der Waals surface area contributed by atoms with E-state index in [2.05, 4.69) is 15.8 Å². The van der Waals surface area contributed by atoms with Gasteiger partial charge in [-0.2, -0.15) is 0 Å². The van der Waals surface area contributed by atoms with Crippen molar-refractivity contribution in [3.8, 4) is 0 Å². The van der Waals surface area contributed by atoms with Crippen molar-refractivity contribution in [2.24, 2.45) is 4.99 Å². The number of hydrazine groups is 1. The fourth-order valence-electron chi connectivity index (χ4n) is 2.23. The molecule has 3 rings (SSSR count). The first-order chi connectivity index (χ1) is 11.6. The summed E-state index contributed by atoms with van der Waals surface area (Å²) in [7, 11) is 0. The molecule has 0 saturated heterocycles. The van der Waals surface area contributed by atoms with Crippen molar-refractivity contribution in [2.45, 2.75) is 13.0 Å². The first kappa shape index (κ1) is 16.3. The summed E-state index contributed by atoms with van der Waals surface area (Å²) in [6.07, 6.45) is 0. The highest BCUT2D eigenvalue weighted by Gasteiger charge is 2.26. The number of hydrogen-bond donors (Lipinski definition) is 2. The number of amides is 2. The van der Waals surface area contributed by atoms with Gasteiger partial charge in [-0.1, -0.05) is 48.0 Å². The summed E-state index contributed by atoms with van der Waals surface area (Å²) in [5, 5.41) is 0.851. The highest BCUT2D eigenvalue weighted by molar-refractivity contribution is 8.14. The second-order valence-electron chi connectivity index (χ2n) is 5.44. The largest absolute Gasteiger partial charge is 0.271 e. The number of rotatable bonds is 3. The SMILES string of the molecule is Cc1ccc(C2=N[C@H](C(=O)NNC(=O)c3ccccc3)CS2)cc1. The number of nitrogens with zero attached hydrogens (tertiary/aromatic N) is 1. The fourth-order valence-corrected chi connectivity index (χ4v) is 3.27. The lowest BCUT2D eigenvalue weighted by atomic mass is 10.2. The lowest BCUT2D eigenvalue weighted by Gasteiger charge is -2.09. The van der Waals surface area contributed by atoms with Crippen LogP contribution in [0.25, 0.3) is 0 Å². The smallest absolute Gasteiger partial charge is 0.269 e. The lowest BCUT2D eigenvalue weighted by molar-refractivity contribution is -0.122. The van der Waals surface area contributed by atoms with Crippen LogP contribution in [0.3, 0.4) is 0 Å². The van der Waals surface area contributed by atoms with Crippen LogP contribution in [0, 0.1) is 6.92 Å². The molecule has 1 aliphatic rings. The van der Waals surface area contributed by atoms with Crippen LogP contribution in [0.1, 0.15) is 21.5 Å². The highest BCUT2D eigenvalue weighted by Crippen LogP contribution is 2.23. The van der Waals surface area contributed by atoms with Gasteiger partial charge in [-0.3, -0.25) is 25.4 Å². The summed E-state index contributed by atoms with van der Waals surface area (Å²) in [5.41, 5.74) is 7.54. The Morgan fingerprint density at radius 2 is 1.75 bits per heavy atom. The number of thioether (sulfide) groups is 1. The molecule has 0 fully saturated rings. The molecule has 5 nitrogen and oxygen atoms in total. The highest BCUT2D eigenvalue weighted by atomic mass is 32.2. The van der Waals surface area contributed by atoms with E-state index < -0.39 is 6.04 Å². The van der Waals surface area contributed by atoms with Crippen molar-refractivity contribution in [1.29, 1.82) is 0 Å². The Balaban J connectivity index is 1.58. The third-order valence-corrected chi connectivity index (χ3v) is 4.68. The van der Waals surface area contributed by atoms with Crippen LogP contribution < -0.4 is 10.9 Å². The number of aryl methyl sites for hydroxylation is 1. The number of benzene rings is 2. The predicted octanol–water partition coefficient (Wildman–Crippen LogP) is 2.32. The van der Waals surface area contributed by atoms with Gasteiger partial charge in [0.1, 0.15) is 6.04 Å². The summed E-state index contributed by atoms with van der Waals surface area (Å²) < 4.78 is 0. The molecule has 2 N–H and O–H groups in total. The first-order valence-electron chi connectivity index (χ1n) is 7.56. The van der Waals surface area contributed by atoms with Crippen LogP contribution in [0.15, 0.2) is 59.6 Å². The molecule has 0 aromatic heterocycles. The molecule has 2 aromatic rings. The summed E-state index contributed by atoms with van der Waals surface area (Å²) in [6, 6.07) is 16.3. The van der Waals surface area contributed by atoms with Crippen molar-refractivity contribution >= 4 is 28.6 Å².